The number of hydrogen-bond acceptors (Lipinski definition) is 4. The first kappa shape index (κ1) is 21.1. The summed E-state index contributed by atoms with van der Waals surface area (Å²) in [6, 6.07) is 7.36. The predicted molar refractivity (Wildman–Crippen MR) is 105 cm³/mol. The first-order chi connectivity index (χ1) is 13.1. The van der Waals surface area contributed by atoms with E-state index >= 15 is 0 Å². The minimum atomic E-state index is 0.00624. The molecule has 1 fully saturated rings. The van der Waals surface area contributed by atoms with Gasteiger partial charge in [0.15, 0.2) is 0 Å². The molecule has 1 aliphatic rings. The average molecular weight is 376 g/mol. The molecule has 1 saturated carbocycles. The Kier molecular flexibility index (Phi) is 8.43. The molecule has 0 unspecified atom stereocenters. The van der Waals surface area contributed by atoms with E-state index < -0.39 is 0 Å². The lowest BCUT2D eigenvalue weighted by Crippen LogP contribution is -2.40. The number of nitrogens with zero attached hydrogens (tertiary/aromatic N) is 1. The molecule has 2 amide bonds. The summed E-state index contributed by atoms with van der Waals surface area (Å²) in [5.41, 5.74) is 0. The fraction of sp³-hybridized carbons (Fsp3) is 0.619. The lowest BCUT2D eigenvalue weighted by Gasteiger charge is -2.30. The summed E-state index contributed by atoms with van der Waals surface area (Å²) in [7, 11) is 1.62. The maximum atomic E-state index is 12.4. The maximum absolute atomic E-state index is 12.4. The molecule has 2 rings (SSSR count). The Morgan fingerprint density at radius 2 is 1.56 bits per heavy atom. The van der Waals surface area contributed by atoms with Crippen molar-refractivity contribution in [2.45, 2.75) is 39.5 Å². The number of hydrogen-bond donors (Lipinski definition) is 1. The van der Waals surface area contributed by atoms with Gasteiger partial charge in [0, 0.05) is 24.9 Å². The lowest BCUT2D eigenvalue weighted by atomic mass is 9.81. The number of ether oxygens (including phenoxy) is 2. The highest BCUT2D eigenvalue weighted by molar-refractivity contribution is 5.81. The zero-order valence-electron chi connectivity index (χ0n) is 16.7. The van der Waals surface area contributed by atoms with Gasteiger partial charge in [0.1, 0.15) is 18.1 Å². The van der Waals surface area contributed by atoms with Gasteiger partial charge in [0.05, 0.1) is 13.7 Å². The minimum absolute atomic E-state index is 0.00624. The second-order valence-corrected chi connectivity index (χ2v) is 6.87. The van der Waals surface area contributed by atoms with E-state index in [-0.39, 0.29) is 23.7 Å². The molecule has 0 saturated heterocycles. The molecule has 1 N–H and O–H groups in total. The molecule has 0 aromatic heterocycles. The largest absolute Gasteiger partial charge is 0.497 e. The number of benzene rings is 1. The Bertz CT molecular complexity index is 591. The topological polar surface area (TPSA) is 67.9 Å². The standard InChI is InChI=1S/C21H32N2O4/c1-4-23(5-2)21(25)17-8-6-16(7-9-17)20(24)22-14-15-27-19-12-10-18(26-3)11-13-19/h10-13,16-17H,4-9,14-15H2,1-3H3,(H,22,24). The Hall–Kier alpha value is -2.24. The number of nitrogens with one attached hydrogen (secondary N) is 1. The predicted octanol–water partition coefficient (Wildman–Crippen LogP) is 2.87. The molecule has 1 aromatic rings. The second kappa shape index (κ2) is 10.8. The molecule has 27 heavy (non-hydrogen) atoms. The van der Waals surface area contributed by atoms with Gasteiger partial charge < -0.3 is 19.7 Å². The summed E-state index contributed by atoms with van der Waals surface area (Å²) in [5, 5.41) is 2.95. The van der Waals surface area contributed by atoms with Crippen molar-refractivity contribution < 1.29 is 19.1 Å². The quantitative estimate of drug-likeness (QED) is 0.673. The van der Waals surface area contributed by atoms with E-state index in [1.54, 1.807) is 7.11 Å². The highest BCUT2D eigenvalue weighted by atomic mass is 16.5. The summed E-state index contributed by atoms with van der Waals surface area (Å²) >= 11 is 0. The van der Waals surface area contributed by atoms with E-state index in [2.05, 4.69) is 5.32 Å². The van der Waals surface area contributed by atoms with Crippen LogP contribution in [0.4, 0.5) is 0 Å². The number of rotatable bonds is 9. The SMILES string of the molecule is CCN(CC)C(=O)C1CCC(C(=O)NCCOc2ccc(OC)cc2)CC1. The van der Waals surface area contributed by atoms with Crippen LogP contribution < -0.4 is 14.8 Å². The third-order valence-corrected chi connectivity index (χ3v) is 5.25. The van der Waals surface area contributed by atoms with Crippen LogP contribution in [-0.4, -0.2) is 50.1 Å². The fourth-order valence-electron chi connectivity index (χ4n) is 3.56. The molecular weight excluding hydrogens is 344 g/mol. The first-order valence-electron chi connectivity index (χ1n) is 9.92. The van der Waals surface area contributed by atoms with Gasteiger partial charge in [-0.05, 0) is 63.8 Å². The van der Waals surface area contributed by atoms with Crippen LogP contribution in [0.3, 0.4) is 0 Å². The molecule has 0 atom stereocenters. The summed E-state index contributed by atoms with van der Waals surface area (Å²) in [6.07, 6.45) is 3.16. The average Bonchev–Trinajstić information content (AvgIpc) is 2.72. The van der Waals surface area contributed by atoms with Crippen molar-refractivity contribution in [1.82, 2.24) is 10.2 Å². The van der Waals surface area contributed by atoms with Crippen molar-refractivity contribution in [3.63, 3.8) is 0 Å². The highest BCUT2D eigenvalue weighted by Crippen LogP contribution is 2.30. The molecule has 0 spiro atoms. The van der Waals surface area contributed by atoms with Gasteiger partial charge in [-0.15, -0.1) is 0 Å². The van der Waals surface area contributed by atoms with E-state index in [1.807, 2.05) is 43.0 Å². The second-order valence-electron chi connectivity index (χ2n) is 6.87. The molecule has 0 radical (unpaired) electrons. The van der Waals surface area contributed by atoms with E-state index in [0.29, 0.717) is 13.2 Å². The van der Waals surface area contributed by atoms with Crippen LogP contribution in [0.25, 0.3) is 0 Å². The number of carbonyl (C=O) groups excluding carboxylic acids is 2. The molecular formula is C21H32N2O4. The van der Waals surface area contributed by atoms with Crippen LogP contribution in [-0.2, 0) is 9.59 Å². The Morgan fingerprint density at radius 3 is 2.11 bits per heavy atom. The first-order valence-corrected chi connectivity index (χ1v) is 9.92. The van der Waals surface area contributed by atoms with Crippen molar-refractivity contribution >= 4 is 11.8 Å². The summed E-state index contributed by atoms with van der Waals surface area (Å²) in [5.74, 6) is 1.93. The van der Waals surface area contributed by atoms with Gasteiger partial charge in [0.2, 0.25) is 11.8 Å². The third kappa shape index (κ3) is 6.15. The number of amides is 2. The highest BCUT2D eigenvalue weighted by Gasteiger charge is 2.31. The molecule has 150 valence electrons. The molecule has 1 aromatic carbocycles. The Balaban J connectivity index is 1.66. The van der Waals surface area contributed by atoms with Gasteiger partial charge in [-0.25, -0.2) is 0 Å². The van der Waals surface area contributed by atoms with E-state index in [9.17, 15) is 9.59 Å². The van der Waals surface area contributed by atoms with Crippen molar-refractivity contribution in [1.29, 1.82) is 0 Å². The minimum Gasteiger partial charge on any atom is -0.497 e. The molecule has 6 heteroatoms. The zero-order valence-corrected chi connectivity index (χ0v) is 16.7. The van der Waals surface area contributed by atoms with Gasteiger partial charge in [-0.2, -0.15) is 0 Å². The van der Waals surface area contributed by atoms with Gasteiger partial charge in [-0.1, -0.05) is 0 Å². The van der Waals surface area contributed by atoms with Crippen molar-refractivity contribution in [2.75, 3.05) is 33.4 Å². The molecule has 6 nitrogen and oxygen atoms in total. The van der Waals surface area contributed by atoms with E-state index in [1.165, 1.54) is 0 Å². The van der Waals surface area contributed by atoms with Crippen LogP contribution in [0.5, 0.6) is 11.5 Å². The van der Waals surface area contributed by atoms with E-state index in [0.717, 1.165) is 50.3 Å². The maximum Gasteiger partial charge on any atom is 0.225 e. The fourth-order valence-corrected chi connectivity index (χ4v) is 3.56. The molecule has 0 aliphatic heterocycles. The summed E-state index contributed by atoms with van der Waals surface area (Å²) in [6.45, 7) is 6.42. The van der Waals surface area contributed by atoms with Crippen LogP contribution in [0.2, 0.25) is 0 Å². The normalized spacial score (nSPS) is 19.2. The molecule has 0 heterocycles. The van der Waals surface area contributed by atoms with Gasteiger partial charge in [-0.3, -0.25) is 9.59 Å². The summed E-state index contributed by atoms with van der Waals surface area (Å²) in [4.78, 5) is 26.7. The van der Waals surface area contributed by atoms with Crippen LogP contribution in [0.1, 0.15) is 39.5 Å². The van der Waals surface area contributed by atoms with Gasteiger partial charge >= 0.3 is 0 Å². The smallest absolute Gasteiger partial charge is 0.225 e. The monoisotopic (exact) mass is 376 g/mol. The number of methoxy groups -OCH3 is 1. The van der Waals surface area contributed by atoms with Crippen molar-refractivity contribution in [3.8, 4) is 11.5 Å². The zero-order chi connectivity index (χ0) is 19.6. The number of carbonyl (C=O) groups is 2. The molecule has 1 aliphatic carbocycles. The van der Waals surface area contributed by atoms with Crippen LogP contribution in [0, 0.1) is 11.8 Å². The third-order valence-electron chi connectivity index (χ3n) is 5.25. The Labute approximate surface area is 162 Å². The van der Waals surface area contributed by atoms with Crippen molar-refractivity contribution in [2.24, 2.45) is 11.8 Å². The molecule has 0 bridgehead atoms. The Morgan fingerprint density at radius 1 is 1.00 bits per heavy atom. The lowest BCUT2D eigenvalue weighted by molar-refractivity contribution is -0.138. The van der Waals surface area contributed by atoms with Crippen molar-refractivity contribution in [3.05, 3.63) is 24.3 Å². The summed E-state index contributed by atoms with van der Waals surface area (Å²) < 4.78 is 10.7. The van der Waals surface area contributed by atoms with Crippen LogP contribution >= 0.6 is 0 Å². The van der Waals surface area contributed by atoms with Crippen LogP contribution in [0.15, 0.2) is 24.3 Å². The van der Waals surface area contributed by atoms with E-state index in [4.69, 9.17) is 9.47 Å². The van der Waals surface area contributed by atoms with Gasteiger partial charge in [0.25, 0.3) is 0 Å².